The van der Waals surface area contributed by atoms with Crippen LogP contribution in [-0.4, -0.2) is 18.1 Å². The minimum atomic E-state index is 0.383. The summed E-state index contributed by atoms with van der Waals surface area (Å²) < 4.78 is 12.9. The van der Waals surface area contributed by atoms with E-state index in [1.807, 2.05) is 43.3 Å². The monoisotopic (exact) mass is 512 g/mol. The van der Waals surface area contributed by atoms with E-state index in [1.165, 1.54) is 16.5 Å². The van der Waals surface area contributed by atoms with Crippen molar-refractivity contribution in [2.75, 3.05) is 13.2 Å². The summed E-state index contributed by atoms with van der Waals surface area (Å²) in [6.45, 7) is 4.53. The zero-order valence-corrected chi connectivity index (χ0v) is 20.3. The summed E-state index contributed by atoms with van der Waals surface area (Å²) in [5.41, 5.74) is 4.57. The predicted molar refractivity (Wildman–Crippen MR) is 135 cm³/mol. The lowest BCUT2D eigenvalue weighted by Gasteiger charge is -2.16. The van der Waals surface area contributed by atoms with Gasteiger partial charge in [0.1, 0.15) is 6.61 Å². The van der Waals surface area contributed by atoms with Crippen LogP contribution in [0.2, 0.25) is 5.02 Å². The number of hydrogen-bond donors (Lipinski definition) is 2. The highest BCUT2D eigenvalue weighted by Crippen LogP contribution is 2.35. The Morgan fingerprint density at radius 1 is 0.938 bits per heavy atom. The van der Waals surface area contributed by atoms with E-state index in [-0.39, 0.29) is 0 Å². The van der Waals surface area contributed by atoms with Crippen molar-refractivity contribution < 1.29 is 9.47 Å². The molecule has 166 valence electrons. The van der Waals surface area contributed by atoms with Crippen LogP contribution in [0.5, 0.6) is 11.5 Å². The predicted octanol–water partition coefficient (Wildman–Crippen LogP) is 6.89. The number of fused-ring (bicyclic) bond motifs is 1. The molecule has 0 amide bonds. The van der Waals surface area contributed by atoms with Gasteiger partial charge >= 0.3 is 0 Å². The van der Waals surface area contributed by atoms with Gasteiger partial charge in [0.15, 0.2) is 11.5 Å². The summed E-state index contributed by atoms with van der Waals surface area (Å²) in [7, 11) is 0. The minimum Gasteiger partial charge on any atom is -0.490 e. The van der Waals surface area contributed by atoms with Gasteiger partial charge in [-0.3, -0.25) is 0 Å². The Morgan fingerprint density at radius 2 is 1.72 bits per heavy atom. The molecule has 1 heterocycles. The second-order valence-corrected chi connectivity index (χ2v) is 8.75. The molecule has 0 unspecified atom stereocenters. The fraction of sp³-hybridized carbons (Fsp3) is 0.231. The molecule has 0 aliphatic rings. The van der Waals surface area contributed by atoms with Crippen LogP contribution in [0, 0.1) is 0 Å². The van der Waals surface area contributed by atoms with Gasteiger partial charge in [-0.2, -0.15) is 0 Å². The first-order valence-corrected chi connectivity index (χ1v) is 11.9. The third-order valence-electron chi connectivity index (χ3n) is 5.32. The van der Waals surface area contributed by atoms with Crippen LogP contribution < -0.4 is 14.8 Å². The number of halogens is 2. The average molecular weight is 514 g/mol. The molecule has 4 nitrogen and oxygen atoms in total. The van der Waals surface area contributed by atoms with Crippen LogP contribution in [0.25, 0.3) is 10.9 Å². The standard InChI is InChI=1S/C26H26BrClN2O2/c1-2-31-25-13-20(15-29-12-11-18-16-30-24-10-6-4-8-21(18)24)22(27)14-26(25)32-17-19-7-3-5-9-23(19)28/h3-10,13-14,16,29-30H,2,11-12,15,17H2,1H3. The largest absolute Gasteiger partial charge is 0.490 e. The Bertz CT molecular complexity index is 1190. The number of aromatic amines is 1. The Morgan fingerprint density at radius 3 is 2.56 bits per heavy atom. The van der Waals surface area contributed by atoms with E-state index in [9.17, 15) is 0 Å². The van der Waals surface area contributed by atoms with Crippen LogP contribution in [0.15, 0.2) is 71.3 Å². The van der Waals surface area contributed by atoms with E-state index in [0.29, 0.717) is 24.0 Å². The van der Waals surface area contributed by atoms with E-state index in [0.717, 1.165) is 40.9 Å². The van der Waals surface area contributed by atoms with Crippen LogP contribution >= 0.6 is 27.5 Å². The topological polar surface area (TPSA) is 46.3 Å². The Labute approximate surface area is 202 Å². The van der Waals surface area contributed by atoms with Gasteiger partial charge in [-0.25, -0.2) is 0 Å². The number of aromatic nitrogens is 1. The maximum absolute atomic E-state index is 6.26. The van der Waals surface area contributed by atoms with Crippen molar-refractivity contribution in [2.45, 2.75) is 26.5 Å². The summed E-state index contributed by atoms with van der Waals surface area (Å²) >= 11 is 9.95. The van der Waals surface area contributed by atoms with Gasteiger partial charge in [0.05, 0.1) is 6.61 Å². The molecule has 0 atom stereocenters. The molecule has 4 rings (SSSR count). The summed E-state index contributed by atoms with van der Waals surface area (Å²) in [5.74, 6) is 1.43. The Balaban J connectivity index is 1.39. The Kier molecular flexibility index (Phi) is 7.74. The fourth-order valence-corrected chi connectivity index (χ4v) is 4.30. The van der Waals surface area contributed by atoms with Gasteiger partial charge in [-0.05, 0) is 55.3 Å². The quantitative estimate of drug-likeness (QED) is 0.227. The molecule has 0 fully saturated rings. The highest BCUT2D eigenvalue weighted by molar-refractivity contribution is 9.10. The fourth-order valence-electron chi connectivity index (χ4n) is 3.65. The third kappa shape index (κ3) is 5.47. The second-order valence-electron chi connectivity index (χ2n) is 7.49. The maximum atomic E-state index is 6.26. The Hall–Kier alpha value is -2.47. The van der Waals surface area contributed by atoms with Crippen molar-refractivity contribution in [3.8, 4) is 11.5 Å². The zero-order valence-electron chi connectivity index (χ0n) is 18.0. The van der Waals surface area contributed by atoms with E-state index in [1.54, 1.807) is 0 Å². The van der Waals surface area contributed by atoms with Crippen molar-refractivity contribution in [1.82, 2.24) is 10.3 Å². The minimum absolute atomic E-state index is 0.383. The molecule has 3 aromatic carbocycles. The van der Waals surface area contributed by atoms with Crippen LogP contribution in [0.4, 0.5) is 0 Å². The number of H-pyrrole nitrogens is 1. The number of ether oxygens (including phenoxy) is 2. The third-order valence-corrected chi connectivity index (χ3v) is 6.42. The van der Waals surface area contributed by atoms with Gasteiger partial charge in [0, 0.05) is 38.7 Å². The van der Waals surface area contributed by atoms with Gasteiger partial charge < -0.3 is 19.8 Å². The van der Waals surface area contributed by atoms with Crippen LogP contribution in [0.1, 0.15) is 23.6 Å². The number of hydrogen-bond acceptors (Lipinski definition) is 3. The summed E-state index contributed by atoms with van der Waals surface area (Å²) in [6, 6.07) is 20.1. The van der Waals surface area contributed by atoms with Gasteiger partial charge in [0.25, 0.3) is 0 Å². The summed E-state index contributed by atoms with van der Waals surface area (Å²) in [6.07, 6.45) is 3.06. The van der Waals surface area contributed by atoms with Crippen molar-refractivity contribution in [2.24, 2.45) is 0 Å². The lowest BCUT2D eigenvalue weighted by molar-refractivity contribution is 0.269. The van der Waals surface area contributed by atoms with Gasteiger partial charge in [-0.15, -0.1) is 0 Å². The first kappa shape index (κ1) is 22.7. The molecule has 0 radical (unpaired) electrons. The highest BCUT2D eigenvalue weighted by Gasteiger charge is 2.12. The molecule has 4 aromatic rings. The number of para-hydroxylation sites is 1. The number of nitrogens with one attached hydrogen (secondary N) is 2. The number of rotatable bonds is 10. The van der Waals surface area contributed by atoms with E-state index >= 15 is 0 Å². The summed E-state index contributed by atoms with van der Waals surface area (Å²) in [5, 5.41) is 5.52. The molecule has 0 aliphatic carbocycles. The highest BCUT2D eigenvalue weighted by atomic mass is 79.9. The molecule has 0 aliphatic heterocycles. The molecule has 1 aromatic heterocycles. The van der Waals surface area contributed by atoms with Crippen molar-refractivity contribution in [3.63, 3.8) is 0 Å². The normalized spacial score (nSPS) is 11.1. The molecule has 0 spiro atoms. The van der Waals surface area contributed by atoms with Crippen LogP contribution in [-0.2, 0) is 19.6 Å². The van der Waals surface area contributed by atoms with E-state index in [4.69, 9.17) is 21.1 Å². The molecule has 0 bridgehead atoms. The van der Waals surface area contributed by atoms with Crippen molar-refractivity contribution in [1.29, 1.82) is 0 Å². The molecule has 2 N–H and O–H groups in total. The lowest BCUT2D eigenvalue weighted by Crippen LogP contribution is -2.17. The first-order chi connectivity index (χ1) is 15.7. The van der Waals surface area contributed by atoms with Crippen molar-refractivity contribution >= 4 is 38.4 Å². The van der Waals surface area contributed by atoms with Crippen molar-refractivity contribution in [3.05, 3.63) is 93.0 Å². The molecule has 6 heteroatoms. The average Bonchev–Trinajstić information content (AvgIpc) is 3.21. The zero-order chi connectivity index (χ0) is 22.3. The first-order valence-electron chi connectivity index (χ1n) is 10.7. The SMILES string of the molecule is CCOc1cc(CNCCc2c[nH]c3ccccc23)c(Br)cc1OCc1ccccc1Cl. The van der Waals surface area contributed by atoms with E-state index < -0.39 is 0 Å². The molecule has 32 heavy (non-hydrogen) atoms. The smallest absolute Gasteiger partial charge is 0.162 e. The lowest BCUT2D eigenvalue weighted by atomic mass is 10.1. The molecule has 0 saturated carbocycles. The molecular formula is C26H26BrClN2O2. The number of benzene rings is 3. The molecular weight excluding hydrogens is 488 g/mol. The van der Waals surface area contributed by atoms with E-state index in [2.05, 4.69) is 56.7 Å². The van der Waals surface area contributed by atoms with Gasteiger partial charge in [0.2, 0.25) is 0 Å². The van der Waals surface area contributed by atoms with Gasteiger partial charge in [-0.1, -0.05) is 63.9 Å². The summed E-state index contributed by atoms with van der Waals surface area (Å²) in [4.78, 5) is 3.34. The maximum Gasteiger partial charge on any atom is 0.162 e. The van der Waals surface area contributed by atoms with Crippen LogP contribution in [0.3, 0.4) is 0 Å². The second kappa shape index (κ2) is 10.9. The molecule has 0 saturated heterocycles.